The number of aliphatic hydroxyl groups excluding tert-OH is 1. The van der Waals surface area contributed by atoms with Gasteiger partial charge in [-0.3, -0.25) is 0 Å². The van der Waals surface area contributed by atoms with Gasteiger partial charge in [-0.15, -0.1) is 0 Å². The Labute approximate surface area is 149 Å². The van der Waals surface area contributed by atoms with Gasteiger partial charge in [0.1, 0.15) is 5.82 Å². The zero-order chi connectivity index (χ0) is 17.9. The van der Waals surface area contributed by atoms with E-state index in [-0.39, 0.29) is 29.3 Å². The molecule has 1 aromatic rings. The van der Waals surface area contributed by atoms with Crippen molar-refractivity contribution in [3.63, 3.8) is 0 Å². The smallest absolute Gasteiger partial charge is 0.317 e. The molecule has 3 rings (SSSR count). The van der Waals surface area contributed by atoms with E-state index in [1.54, 1.807) is 6.92 Å². The molecule has 2 N–H and O–H groups in total. The number of aliphatic hydroxyl groups is 1. The molecule has 1 aliphatic carbocycles. The van der Waals surface area contributed by atoms with Crippen LogP contribution in [0.25, 0.3) is 0 Å². The van der Waals surface area contributed by atoms with Gasteiger partial charge in [0.25, 0.3) is 0 Å². The summed E-state index contributed by atoms with van der Waals surface area (Å²) in [7, 11) is 0. The van der Waals surface area contributed by atoms with Crippen LogP contribution in [0.2, 0.25) is 0 Å². The lowest BCUT2D eigenvalue weighted by Crippen LogP contribution is -2.50. The Kier molecular flexibility index (Phi) is 5.62. The first-order chi connectivity index (χ1) is 12.0. The van der Waals surface area contributed by atoms with E-state index in [4.69, 9.17) is 0 Å². The molecule has 2 fully saturated rings. The third-order valence-corrected chi connectivity index (χ3v) is 6.02. The molecular weight excluding hydrogens is 319 g/mol. The van der Waals surface area contributed by atoms with Crippen LogP contribution in [0.5, 0.6) is 0 Å². The fourth-order valence-electron chi connectivity index (χ4n) is 4.37. The lowest BCUT2D eigenvalue weighted by Gasteiger charge is -2.36. The van der Waals surface area contributed by atoms with Crippen molar-refractivity contribution in [3.05, 3.63) is 35.6 Å². The van der Waals surface area contributed by atoms with Crippen LogP contribution in [-0.2, 0) is 5.41 Å². The molecule has 1 saturated heterocycles. The monoisotopic (exact) mass is 348 g/mol. The Balaban J connectivity index is 1.63. The van der Waals surface area contributed by atoms with E-state index in [0.29, 0.717) is 13.1 Å². The summed E-state index contributed by atoms with van der Waals surface area (Å²) in [4.78, 5) is 14.5. The average Bonchev–Trinajstić information content (AvgIpc) is 3.10. The molecule has 2 unspecified atom stereocenters. The first-order valence-corrected chi connectivity index (χ1v) is 9.47. The van der Waals surface area contributed by atoms with Crippen molar-refractivity contribution >= 4 is 6.03 Å². The van der Waals surface area contributed by atoms with Gasteiger partial charge in [-0.25, -0.2) is 9.18 Å². The van der Waals surface area contributed by atoms with E-state index in [0.717, 1.165) is 50.6 Å². The Morgan fingerprint density at radius 3 is 2.64 bits per heavy atom. The number of nitrogens with zero attached hydrogens (tertiary/aromatic N) is 1. The Morgan fingerprint density at radius 1 is 1.32 bits per heavy atom. The predicted molar refractivity (Wildman–Crippen MR) is 95.9 cm³/mol. The number of hydrogen-bond acceptors (Lipinski definition) is 2. The van der Waals surface area contributed by atoms with Crippen LogP contribution in [0.15, 0.2) is 24.3 Å². The number of amides is 2. The summed E-state index contributed by atoms with van der Waals surface area (Å²) in [5.74, 6) is -0.0598. The highest BCUT2D eigenvalue weighted by atomic mass is 19.1. The third-order valence-electron chi connectivity index (χ3n) is 6.02. The second-order valence-electron chi connectivity index (χ2n) is 7.74. The van der Waals surface area contributed by atoms with Crippen LogP contribution in [0.1, 0.15) is 51.0 Å². The highest BCUT2D eigenvalue weighted by molar-refractivity contribution is 5.74. The molecule has 0 radical (unpaired) electrons. The summed E-state index contributed by atoms with van der Waals surface area (Å²) in [5.41, 5.74) is 1.04. The van der Waals surface area contributed by atoms with Gasteiger partial charge in [-0.05, 0) is 50.3 Å². The van der Waals surface area contributed by atoms with Gasteiger partial charge in [0, 0.05) is 31.0 Å². The summed E-state index contributed by atoms with van der Waals surface area (Å²) >= 11 is 0. The molecule has 4 nitrogen and oxygen atoms in total. The van der Waals surface area contributed by atoms with Gasteiger partial charge in [0.05, 0.1) is 6.10 Å². The van der Waals surface area contributed by atoms with Crippen molar-refractivity contribution in [2.45, 2.75) is 57.0 Å². The summed E-state index contributed by atoms with van der Waals surface area (Å²) in [5, 5.41) is 12.9. The molecule has 5 heteroatoms. The molecule has 0 spiro atoms. The first-order valence-electron chi connectivity index (χ1n) is 9.47. The van der Waals surface area contributed by atoms with E-state index in [1.807, 2.05) is 17.0 Å². The number of piperidine rings is 1. The maximum absolute atomic E-state index is 13.3. The Hall–Kier alpha value is -1.62. The van der Waals surface area contributed by atoms with Crippen molar-refractivity contribution in [2.24, 2.45) is 5.92 Å². The summed E-state index contributed by atoms with van der Waals surface area (Å²) in [6.45, 7) is 3.76. The minimum atomic E-state index is -0.379. The lowest BCUT2D eigenvalue weighted by atomic mass is 9.79. The van der Waals surface area contributed by atoms with Crippen molar-refractivity contribution in [2.75, 3.05) is 19.6 Å². The SMILES string of the molecule is CC(O)C1CCCN(C(=O)NCC2(c3ccc(F)cc3)CCCC2)C1. The van der Waals surface area contributed by atoms with Gasteiger partial charge >= 0.3 is 6.03 Å². The van der Waals surface area contributed by atoms with E-state index >= 15 is 0 Å². The van der Waals surface area contributed by atoms with Gasteiger partial charge in [-0.2, -0.15) is 0 Å². The third kappa shape index (κ3) is 4.14. The molecule has 2 aliphatic rings. The number of hydrogen-bond donors (Lipinski definition) is 2. The van der Waals surface area contributed by atoms with Crippen molar-refractivity contribution in [1.29, 1.82) is 0 Å². The largest absolute Gasteiger partial charge is 0.393 e. The first kappa shape index (κ1) is 18.2. The molecular formula is C20H29FN2O2. The number of carbonyl (C=O) groups excluding carboxylic acids is 1. The molecule has 0 aromatic heterocycles. The van der Waals surface area contributed by atoms with Gasteiger partial charge in [0.2, 0.25) is 0 Å². The quantitative estimate of drug-likeness (QED) is 0.876. The van der Waals surface area contributed by atoms with Crippen molar-refractivity contribution in [3.8, 4) is 0 Å². The summed E-state index contributed by atoms with van der Waals surface area (Å²) in [6.07, 6.45) is 5.86. The van der Waals surface area contributed by atoms with Gasteiger partial charge in [-0.1, -0.05) is 25.0 Å². The maximum atomic E-state index is 13.3. The molecule has 25 heavy (non-hydrogen) atoms. The number of rotatable bonds is 4. The van der Waals surface area contributed by atoms with Gasteiger partial charge < -0.3 is 15.3 Å². The molecule has 138 valence electrons. The normalized spacial score (nSPS) is 24.1. The number of halogens is 1. The average molecular weight is 348 g/mol. The fraction of sp³-hybridized carbons (Fsp3) is 0.650. The van der Waals surface area contributed by atoms with E-state index in [9.17, 15) is 14.3 Å². The topological polar surface area (TPSA) is 52.6 Å². The fourth-order valence-corrected chi connectivity index (χ4v) is 4.37. The van der Waals surface area contributed by atoms with Crippen LogP contribution in [0.3, 0.4) is 0 Å². The van der Waals surface area contributed by atoms with Crippen LogP contribution >= 0.6 is 0 Å². The molecule has 1 heterocycles. The number of carbonyl (C=O) groups is 1. The van der Waals surface area contributed by atoms with Crippen LogP contribution < -0.4 is 5.32 Å². The van der Waals surface area contributed by atoms with E-state index in [1.165, 1.54) is 12.1 Å². The maximum Gasteiger partial charge on any atom is 0.317 e. The van der Waals surface area contributed by atoms with E-state index < -0.39 is 0 Å². The van der Waals surface area contributed by atoms with Gasteiger partial charge in [0.15, 0.2) is 0 Å². The zero-order valence-corrected chi connectivity index (χ0v) is 15.0. The highest BCUT2D eigenvalue weighted by Gasteiger charge is 2.36. The highest BCUT2D eigenvalue weighted by Crippen LogP contribution is 2.40. The minimum absolute atomic E-state index is 0.0428. The summed E-state index contributed by atoms with van der Waals surface area (Å²) in [6, 6.07) is 6.69. The molecule has 0 bridgehead atoms. The van der Waals surface area contributed by atoms with Crippen LogP contribution in [-0.4, -0.2) is 41.8 Å². The Morgan fingerprint density at radius 2 is 2.00 bits per heavy atom. The number of likely N-dealkylation sites (tertiary alicyclic amines) is 1. The molecule has 1 aliphatic heterocycles. The molecule has 2 atom stereocenters. The standard InChI is InChI=1S/C20H29FN2O2/c1-15(24)16-5-4-12-23(13-16)19(25)22-14-20(10-2-3-11-20)17-6-8-18(21)9-7-17/h6-9,15-16,24H,2-5,10-14H2,1H3,(H,22,25). The molecule has 1 saturated carbocycles. The molecule has 2 amide bonds. The number of nitrogens with one attached hydrogen (secondary N) is 1. The second-order valence-corrected chi connectivity index (χ2v) is 7.74. The molecule has 1 aromatic carbocycles. The van der Waals surface area contributed by atoms with E-state index in [2.05, 4.69) is 5.32 Å². The zero-order valence-electron chi connectivity index (χ0n) is 15.0. The minimum Gasteiger partial charge on any atom is -0.393 e. The lowest BCUT2D eigenvalue weighted by molar-refractivity contribution is 0.0736. The Bertz CT molecular complexity index is 582. The number of benzene rings is 1. The second kappa shape index (κ2) is 7.73. The predicted octanol–water partition coefficient (Wildman–Crippen LogP) is 3.44. The van der Waals surface area contributed by atoms with Crippen molar-refractivity contribution < 1.29 is 14.3 Å². The summed E-state index contributed by atoms with van der Waals surface area (Å²) < 4.78 is 13.3. The van der Waals surface area contributed by atoms with Crippen LogP contribution in [0, 0.1) is 11.7 Å². The van der Waals surface area contributed by atoms with Crippen molar-refractivity contribution in [1.82, 2.24) is 10.2 Å². The van der Waals surface area contributed by atoms with Crippen LogP contribution in [0.4, 0.5) is 9.18 Å². The number of urea groups is 1.